The van der Waals surface area contributed by atoms with Crippen molar-refractivity contribution in [1.82, 2.24) is 9.38 Å². The third-order valence-corrected chi connectivity index (χ3v) is 5.81. The first kappa shape index (κ1) is 25.0. The van der Waals surface area contributed by atoms with E-state index in [0.717, 1.165) is 22.4 Å². The fourth-order valence-corrected chi connectivity index (χ4v) is 4.14. The lowest BCUT2D eigenvalue weighted by molar-refractivity contribution is -0.119. The third kappa shape index (κ3) is 5.11. The van der Waals surface area contributed by atoms with Crippen LogP contribution in [-0.2, 0) is 11.2 Å². The van der Waals surface area contributed by atoms with Crippen LogP contribution < -0.4 is 20.5 Å². The van der Waals surface area contributed by atoms with Crippen LogP contribution in [0.15, 0.2) is 48.7 Å². The summed E-state index contributed by atoms with van der Waals surface area (Å²) >= 11 is 0. The van der Waals surface area contributed by atoms with Crippen LogP contribution in [0.3, 0.4) is 0 Å². The van der Waals surface area contributed by atoms with Crippen molar-refractivity contribution >= 4 is 23.1 Å². The summed E-state index contributed by atoms with van der Waals surface area (Å²) in [6.07, 6.45) is 1.96. The molecule has 4 N–H and O–H groups in total. The zero-order valence-corrected chi connectivity index (χ0v) is 20.5. The highest BCUT2D eigenvalue weighted by atomic mass is 19.1. The fraction of sp³-hybridized carbons (Fsp3) is 0.259. The zero-order chi connectivity index (χ0) is 25.8. The molecule has 9 heteroatoms. The van der Waals surface area contributed by atoms with Gasteiger partial charge in [0, 0.05) is 23.5 Å². The summed E-state index contributed by atoms with van der Waals surface area (Å²) in [5.74, 6) is 0.318. The number of hydrogen-bond acceptors (Lipinski definition) is 6. The minimum Gasteiger partial charge on any atom is -0.491 e. The molecule has 2 heterocycles. The number of para-hydroxylation sites is 1. The summed E-state index contributed by atoms with van der Waals surface area (Å²) in [5.41, 5.74) is 10.8. The number of aliphatic hydroxyl groups is 1. The van der Waals surface area contributed by atoms with Crippen LogP contribution in [0.1, 0.15) is 23.6 Å². The topological polar surface area (TPSA) is 111 Å². The smallest absolute Gasteiger partial charge is 0.255 e. The first-order chi connectivity index (χ1) is 17.3. The number of anilines is 2. The van der Waals surface area contributed by atoms with E-state index in [1.165, 1.54) is 12.3 Å². The maximum absolute atomic E-state index is 14.3. The molecule has 4 aromatic rings. The minimum absolute atomic E-state index is 0.102. The number of nitrogens with two attached hydrogens (primary N) is 1. The third-order valence-electron chi connectivity index (χ3n) is 5.81. The molecule has 4 rings (SSSR count). The normalized spacial score (nSPS) is 11.0. The number of amides is 1. The molecular weight excluding hydrogens is 463 g/mol. The molecule has 0 aliphatic heterocycles. The summed E-state index contributed by atoms with van der Waals surface area (Å²) < 4.78 is 27.5. The number of benzene rings is 2. The van der Waals surface area contributed by atoms with Crippen LogP contribution in [0.2, 0.25) is 0 Å². The molecule has 0 spiro atoms. The number of hydrogen-bond donors (Lipinski definition) is 3. The van der Waals surface area contributed by atoms with Gasteiger partial charge in [0.2, 0.25) is 0 Å². The first-order valence-electron chi connectivity index (χ1n) is 11.6. The minimum atomic E-state index is -0.633. The Balaban J connectivity index is 1.98. The second-order valence-electron chi connectivity index (χ2n) is 8.41. The number of carbonyl (C=O) groups excluding carboxylic acids is 1. The van der Waals surface area contributed by atoms with Crippen molar-refractivity contribution in [2.75, 3.05) is 25.1 Å². The number of carbonyl (C=O) groups is 1. The lowest BCUT2D eigenvalue weighted by Crippen LogP contribution is -2.20. The van der Waals surface area contributed by atoms with Gasteiger partial charge in [0.05, 0.1) is 6.61 Å². The maximum atomic E-state index is 14.3. The van der Waals surface area contributed by atoms with Crippen molar-refractivity contribution in [3.63, 3.8) is 0 Å². The molecule has 188 valence electrons. The Morgan fingerprint density at radius 1 is 1.17 bits per heavy atom. The Bertz CT molecular complexity index is 1400. The summed E-state index contributed by atoms with van der Waals surface area (Å²) in [6.45, 7) is 5.56. The highest BCUT2D eigenvalue weighted by Crippen LogP contribution is 2.42. The Morgan fingerprint density at radius 2 is 1.92 bits per heavy atom. The quantitative estimate of drug-likeness (QED) is 0.304. The highest BCUT2D eigenvalue weighted by molar-refractivity contribution is 5.86. The molecule has 0 fully saturated rings. The molecule has 0 saturated heterocycles. The van der Waals surface area contributed by atoms with Crippen molar-refractivity contribution in [2.24, 2.45) is 5.73 Å². The van der Waals surface area contributed by atoms with Gasteiger partial charge in [0.1, 0.15) is 41.1 Å². The number of imidazole rings is 1. The van der Waals surface area contributed by atoms with E-state index in [9.17, 15) is 14.3 Å². The number of halogens is 1. The molecule has 0 bridgehead atoms. The van der Waals surface area contributed by atoms with Crippen molar-refractivity contribution in [2.45, 2.75) is 27.2 Å². The molecular formula is C27H29FN4O4. The van der Waals surface area contributed by atoms with E-state index in [4.69, 9.17) is 20.2 Å². The van der Waals surface area contributed by atoms with Crippen molar-refractivity contribution in [3.8, 4) is 22.8 Å². The van der Waals surface area contributed by atoms with E-state index in [1.54, 1.807) is 16.5 Å². The maximum Gasteiger partial charge on any atom is 0.255 e. The molecule has 0 unspecified atom stereocenters. The average molecular weight is 493 g/mol. The van der Waals surface area contributed by atoms with Gasteiger partial charge in [0.15, 0.2) is 6.61 Å². The second kappa shape index (κ2) is 10.7. The number of nitrogens with zero attached hydrogens (tertiary/aromatic N) is 2. The molecule has 0 atom stereocenters. The number of fused-ring (bicyclic) bond motifs is 1. The van der Waals surface area contributed by atoms with Crippen molar-refractivity contribution < 1.29 is 23.8 Å². The Labute approximate surface area is 208 Å². The van der Waals surface area contributed by atoms with Crippen LogP contribution >= 0.6 is 0 Å². The average Bonchev–Trinajstić information content (AvgIpc) is 3.20. The lowest BCUT2D eigenvalue weighted by atomic mass is 10.00. The van der Waals surface area contributed by atoms with Gasteiger partial charge in [0.25, 0.3) is 5.91 Å². The number of primary amides is 1. The summed E-state index contributed by atoms with van der Waals surface area (Å²) in [4.78, 5) is 16.4. The van der Waals surface area contributed by atoms with Crippen LogP contribution in [-0.4, -0.2) is 40.2 Å². The van der Waals surface area contributed by atoms with Gasteiger partial charge in [-0.2, -0.15) is 0 Å². The fourth-order valence-electron chi connectivity index (χ4n) is 4.14. The lowest BCUT2D eigenvalue weighted by Gasteiger charge is -2.18. The number of aliphatic hydroxyl groups excluding tert-OH is 1. The molecule has 36 heavy (non-hydrogen) atoms. The number of aromatic nitrogens is 2. The van der Waals surface area contributed by atoms with E-state index < -0.39 is 11.7 Å². The Hall–Kier alpha value is -4.11. The number of ether oxygens (including phenoxy) is 2. The summed E-state index contributed by atoms with van der Waals surface area (Å²) in [5, 5.41) is 12.7. The van der Waals surface area contributed by atoms with Crippen LogP contribution in [0.5, 0.6) is 11.5 Å². The zero-order valence-electron chi connectivity index (χ0n) is 20.5. The van der Waals surface area contributed by atoms with Crippen LogP contribution in [0.4, 0.5) is 15.9 Å². The van der Waals surface area contributed by atoms with Gasteiger partial charge in [-0.1, -0.05) is 25.1 Å². The predicted octanol–water partition coefficient (Wildman–Crippen LogP) is 4.30. The van der Waals surface area contributed by atoms with Crippen LogP contribution in [0.25, 0.3) is 16.9 Å². The van der Waals surface area contributed by atoms with Gasteiger partial charge in [-0.25, -0.2) is 9.37 Å². The van der Waals surface area contributed by atoms with E-state index in [-0.39, 0.29) is 19.8 Å². The Kier molecular flexibility index (Phi) is 7.40. The number of nitrogens with one attached hydrogen (secondary N) is 1. The molecule has 8 nitrogen and oxygen atoms in total. The van der Waals surface area contributed by atoms with Crippen molar-refractivity contribution in [3.05, 3.63) is 71.2 Å². The van der Waals surface area contributed by atoms with Gasteiger partial charge >= 0.3 is 0 Å². The van der Waals surface area contributed by atoms with E-state index in [1.807, 2.05) is 45.0 Å². The first-order valence-corrected chi connectivity index (χ1v) is 11.6. The van der Waals surface area contributed by atoms with Gasteiger partial charge in [-0.15, -0.1) is 0 Å². The number of aryl methyl sites for hydroxylation is 3. The molecule has 0 aliphatic rings. The number of pyridine rings is 1. The van der Waals surface area contributed by atoms with E-state index in [2.05, 4.69) is 5.32 Å². The predicted molar refractivity (Wildman–Crippen MR) is 136 cm³/mol. The standard InChI is InChI=1S/C27H29FN4O4/c1-4-18-12-20(35-11-10-33)13-21(36-15-22(29)34)24(18)26-27(31-25-16(2)6-5-7-17(25)3)32-14-19(28)8-9-23(32)30-26/h5-9,12-14,31,33H,4,10-11,15H2,1-3H3,(H2,29,34). The van der Waals surface area contributed by atoms with E-state index in [0.29, 0.717) is 40.6 Å². The van der Waals surface area contributed by atoms with Gasteiger partial charge < -0.3 is 25.6 Å². The molecule has 2 aromatic heterocycles. The van der Waals surface area contributed by atoms with Crippen molar-refractivity contribution in [1.29, 1.82) is 0 Å². The number of rotatable bonds is 10. The Morgan fingerprint density at radius 3 is 2.58 bits per heavy atom. The summed E-state index contributed by atoms with van der Waals surface area (Å²) in [6, 6.07) is 12.4. The molecule has 0 radical (unpaired) electrons. The molecule has 1 amide bonds. The highest BCUT2D eigenvalue weighted by Gasteiger charge is 2.23. The molecule has 2 aromatic carbocycles. The SMILES string of the molecule is CCc1cc(OCCO)cc(OCC(N)=O)c1-c1nc2ccc(F)cn2c1Nc1c(C)cccc1C. The van der Waals surface area contributed by atoms with Crippen LogP contribution in [0, 0.1) is 19.7 Å². The second-order valence-corrected chi connectivity index (χ2v) is 8.41. The van der Waals surface area contributed by atoms with E-state index >= 15 is 0 Å². The monoisotopic (exact) mass is 492 g/mol. The largest absolute Gasteiger partial charge is 0.491 e. The van der Waals surface area contributed by atoms with Gasteiger partial charge in [-0.3, -0.25) is 9.20 Å². The molecule has 0 aliphatic carbocycles. The summed E-state index contributed by atoms with van der Waals surface area (Å²) in [7, 11) is 0. The van der Waals surface area contributed by atoms with Gasteiger partial charge in [-0.05, 0) is 55.2 Å². The molecule has 0 saturated carbocycles.